The fourth-order valence-electron chi connectivity index (χ4n) is 4.95. The van der Waals surface area contributed by atoms with Gasteiger partial charge in [0.1, 0.15) is 15.6 Å². The fourth-order valence-corrected chi connectivity index (χ4v) is 5.95. The fraction of sp³-hybridized carbons (Fsp3) is 0.609. The summed E-state index contributed by atoms with van der Waals surface area (Å²) in [6.07, 6.45) is 7.83. The minimum atomic E-state index is -3.09. The highest BCUT2D eigenvalue weighted by Gasteiger charge is 2.37. The molecule has 4 rings (SSSR count). The summed E-state index contributed by atoms with van der Waals surface area (Å²) in [5.41, 5.74) is 1.22. The third-order valence-electron chi connectivity index (χ3n) is 6.44. The number of aryl methyl sites for hydroxylation is 1. The molecule has 1 aliphatic carbocycles. The summed E-state index contributed by atoms with van der Waals surface area (Å²) in [4.78, 5) is 6.93. The van der Waals surface area contributed by atoms with Gasteiger partial charge in [0.25, 0.3) is 0 Å². The first-order chi connectivity index (χ1) is 14.8. The van der Waals surface area contributed by atoms with Crippen molar-refractivity contribution in [2.75, 3.05) is 25.2 Å². The molecule has 2 heterocycles. The van der Waals surface area contributed by atoms with Crippen LogP contribution in [0.25, 0.3) is 0 Å². The van der Waals surface area contributed by atoms with E-state index in [1.54, 1.807) is 6.20 Å². The molecule has 0 spiro atoms. The van der Waals surface area contributed by atoms with Gasteiger partial charge in [-0.15, -0.1) is 0 Å². The first-order valence-electron chi connectivity index (χ1n) is 11.0. The lowest BCUT2D eigenvalue weighted by Gasteiger charge is -2.46. The van der Waals surface area contributed by atoms with Crippen LogP contribution in [0.15, 0.2) is 34.9 Å². The summed E-state index contributed by atoms with van der Waals surface area (Å²) >= 11 is 6.05. The third kappa shape index (κ3) is 6.09. The van der Waals surface area contributed by atoms with Crippen LogP contribution in [0.2, 0.25) is 5.02 Å². The molecular formula is C23H31ClN2O4S. The molecule has 0 amide bonds. The highest BCUT2D eigenvalue weighted by molar-refractivity contribution is 7.90. The van der Waals surface area contributed by atoms with Gasteiger partial charge in [0.15, 0.2) is 5.89 Å². The Morgan fingerprint density at radius 1 is 1.16 bits per heavy atom. The van der Waals surface area contributed by atoms with Crippen molar-refractivity contribution >= 4 is 21.4 Å². The summed E-state index contributed by atoms with van der Waals surface area (Å²) in [7, 11) is -3.09. The maximum Gasteiger partial charge on any atom is 0.197 e. The predicted octanol–water partition coefficient (Wildman–Crippen LogP) is 4.02. The normalized spacial score (nSPS) is 28.0. The second kappa shape index (κ2) is 9.61. The Morgan fingerprint density at radius 3 is 2.48 bits per heavy atom. The Kier molecular flexibility index (Phi) is 7.06. The highest BCUT2D eigenvalue weighted by Crippen LogP contribution is 2.36. The largest absolute Gasteiger partial charge is 0.446 e. The van der Waals surface area contributed by atoms with E-state index in [1.807, 2.05) is 19.1 Å². The third-order valence-corrected chi connectivity index (χ3v) is 7.66. The van der Waals surface area contributed by atoms with E-state index in [2.05, 4.69) is 22.0 Å². The molecule has 0 radical (unpaired) electrons. The van der Waals surface area contributed by atoms with Crippen molar-refractivity contribution in [2.45, 2.75) is 63.1 Å². The first kappa shape index (κ1) is 22.8. The predicted molar refractivity (Wildman–Crippen MR) is 121 cm³/mol. The molecule has 6 nitrogen and oxygen atoms in total. The lowest BCUT2D eigenvalue weighted by atomic mass is 9.84. The van der Waals surface area contributed by atoms with Crippen LogP contribution in [0.3, 0.4) is 0 Å². The Balaban J connectivity index is 1.45. The molecule has 2 atom stereocenters. The van der Waals surface area contributed by atoms with Crippen LogP contribution >= 0.6 is 11.6 Å². The van der Waals surface area contributed by atoms with Crippen LogP contribution < -0.4 is 0 Å². The minimum absolute atomic E-state index is 0.0715. The van der Waals surface area contributed by atoms with Crippen molar-refractivity contribution in [1.82, 2.24) is 9.88 Å². The Bertz CT molecular complexity index is 968. The molecule has 1 saturated carbocycles. The van der Waals surface area contributed by atoms with E-state index < -0.39 is 9.84 Å². The SMILES string of the molecule is Cc1cnc(C2CCC(N3C[C@H](CS(C)(=O)=O)OC[C@@H]3Cc3ccc(Cl)cc3)CC2)o1. The molecule has 0 N–H and O–H groups in total. The maximum absolute atomic E-state index is 11.9. The zero-order chi connectivity index (χ0) is 22.0. The van der Waals surface area contributed by atoms with E-state index in [9.17, 15) is 8.42 Å². The van der Waals surface area contributed by atoms with Crippen LogP contribution in [0.4, 0.5) is 0 Å². The molecular weight excluding hydrogens is 436 g/mol. The van der Waals surface area contributed by atoms with Gasteiger partial charge in [0.05, 0.1) is 24.7 Å². The van der Waals surface area contributed by atoms with E-state index in [-0.39, 0.29) is 17.9 Å². The summed E-state index contributed by atoms with van der Waals surface area (Å²) in [6, 6.07) is 8.59. The number of rotatable bonds is 6. The monoisotopic (exact) mass is 466 g/mol. The molecule has 2 aromatic rings. The van der Waals surface area contributed by atoms with Gasteiger partial charge >= 0.3 is 0 Å². The number of nitrogens with zero attached hydrogens (tertiary/aromatic N) is 2. The van der Waals surface area contributed by atoms with Gasteiger partial charge in [-0.1, -0.05) is 23.7 Å². The van der Waals surface area contributed by atoms with Crippen molar-refractivity contribution in [2.24, 2.45) is 0 Å². The Labute approximate surface area is 189 Å². The first-order valence-corrected chi connectivity index (χ1v) is 13.4. The molecule has 170 valence electrons. The molecule has 1 aromatic carbocycles. The molecule has 1 saturated heterocycles. The molecule has 1 aliphatic heterocycles. The van der Waals surface area contributed by atoms with Gasteiger partial charge in [-0.05, 0) is 56.7 Å². The van der Waals surface area contributed by atoms with Gasteiger partial charge in [0, 0.05) is 35.8 Å². The zero-order valence-electron chi connectivity index (χ0n) is 18.2. The van der Waals surface area contributed by atoms with Gasteiger partial charge in [-0.3, -0.25) is 4.90 Å². The standard InChI is InChI=1S/C23H31ClN2O4S/c1-16-12-25-23(30-16)18-5-9-20(10-6-18)26-13-22(15-31(2,27)28)29-14-21(26)11-17-3-7-19(24)8-4-17/h3-4,7-8,12,18,20-22H,5-6,9-11,13-15H2,1-2H3/t18?,20?,21-,22+/m0/s1. The van der Waals surface area contributed by atoms with Crippen LogP contribution in [0.1, 0.15) is 48.8 Å². The molecule has 1 aromatic heterocycles. The second-order valence-corrected chi connectivity index (χ2v) is 11.7. The Hall–Kier alpha value is -1.41. The van der Waals surface area contributed by atoms with Crippen LogP contribution in [-0.4, -0.2) is 61.6 Å². The van der Waals surface area contributed by atoms with Crippen LogP contribution in [0, 0.1) is 6.92 Å². The summed E-state index contributed by atoms with van der Waals surface area (Å²) in [6.45, 7) is 3.12. The number of hydrogen-bond acceptors (Lipinski definition) is 6. The highest BCUT2D eigenvalue weighted by atomic mass is 35.5. The summed E-state index contributed by atoms with van der Waals surface area (Å²) < 4.78 is 35.5. The molecule has 2 aliphatic rings. The molecule has 0 bridgehead atoms. The van der Waals surface area contributed by atoms with Crippen molar-refractivity contribution < 1.29 is 17.6 Å². The van der Waals surface area contributed by atoms with Gasteiger partial charge < -0.3 is 9.15 Å². The number of halogens is 1. The quantitative estimate of drug-likeness (QED) is 0.640. The number of oxazole rings is 1. The lowest BCUT2D eigenvalue weighted by molar-refractivity contribution is -0.0758. The lowest BCUT2D eigenvalue weighted by Crippen LogP contribution is -2.56. The molecule has 2 fully saturated rings. The van der Waals surface area contributed by atoms with Crippen LogP contribution in [-0.2, 0) is 21.0 Å². The van der Waals surface area contributed by atoms with Crippen LogP contribution in [0.5, 0.6) is 0 Å². The average Bonchev–Trinajstić information content (AvgIpc) is 3.16. The van der Waals surface area contributed by atoms with E-state index >= 15 is 0 Å². The van der Waals surface area contributed by atoms with E-state index in [4.69, 9.17) is 20.8 Å². The van der Waals surface area contributed by atoms with Gasteiger partial charge in [0.2, 0.25) is 0 Å². The Morgan fingerprint density at radius 2 is 1.87 bits per heavy atom. The number of benzene rings is 1. The molecule has 31 heavy (non-hydrogen) atoms. The summed E-state index contributed by atoms with van der Waals surface area (Å²) in [5.74, 6) is 2.15. The minimum Gasteiger partial charge on any atom is -0.446 e. The number of morpholine rings is 1. The molecule has 8 heteroatoms. The van der Waals surface area contributed by atoms with E-state index in [0.29, 0.717) is 25.1 Å². The number of aromatic nitrogens is 1. The number of ether oxygens (including phenoxy) is 1. The summed E-state index contributed by atoms with van der Waals surface area (Å²) in [5, 5.41) is 0.730. The van der Waals surface area contributed by atoms with Crippen molar-refractivity contribution in [3.05, 3.63) is 52.7 Å². The van der Waals surface area contributed by atoms with E-state index in [0.717, 1.165) is 48.8 Å². The van der Waals surface area contributed by atoms with Gasteiger partial charge in [-0.25, -0.2) is 13.4 Å². The number of hydrogen-bond donors (Lipinski definition) is 0. The zero-order valence-corrected chi connectivity index (χ0v) is 19.7. The van der Waals surface area contributed by atoms with Crippen molar-refractivity contribution in [3.8, 4) is 0 Å². The van der Waals surface area contributed by atoms with Crippen molar-refractivity contribution in [3.63, 3.8) is 0 Å². The number of sulfone groups is 1. The average molecular weight is 467 g/mol. The maximum atomic E-state index is 11.9. The molecule has 0 unspecified atom stereocenters. The second-order valence-electron chi connectivity index (χ2n) is 9.04. The van der Waals surface area contributed by atoms with Gasteiger partial charge in [-0.2, -0.15) is 0 Å². The topological polar surface area (TPSA) is 72.6 Å². The van der Waals surface area contributed by atoms with Crippen molar-refractivity contribution in [1.29, 1.82) is 0 Å². The smallest absolute Gasteiger partial charge is 0.197 e. The van der Waals surface area contributed by atoms with E-state index in [1.165, 1.54) is 11.8 Å².